The number of carbonyl (C=O) groups is 2. The fraction of sp³-hybridized carbons (Fsp3) is 0.333. The standard InChI is InChI=1S/C18H20ClN3O5S2/c19-14-4-3-13(12-15(14)21-18(24)16-2-1-10-28-16)17(23)20-5-11-29(25,26)22-6-8-27-9-7-22/h1-4,10,12H,5-9,11H2,(H,20,23)(H,21,24). The highest BCUT2D eigenvalue weighted by Gasteiger charge is 2.24. The zero-order chi connectivity index (χ0) is 20.9. The van der Waals surface area contributed by atoms with Gasteiger partial charge in [0.2, 0.25) is 10.0 Å². The summed E-state index contributed by atoms with van der Waals surface area (Å²) in [5.74, 6) is -0.976. The number of benzene rings is 1. The molecule has 0 aliphatic carbocycles. The summed E-state index contributed by atoms with van der Waals surface area (Å²) < 4.78 is 31.1. The topological polar surface area (TPSA) is 105 Å². The number of nitrogens with one attached hydrogen (secondary N) is 2. The molecule has 1 aliphatic heterocycles. The normalized spacial score (nSPS) is 15.1. The van der Waals surface area contributed by atoms with Crippen LogP contribution in [-0.4, -0.2) is 63.1 Å². The van der Waals surface area contributed by atoms with Gasteiger partial charge in [0.25, 0.3) is 11.8 Å². The van der Waals surface area contributed by atoms with E-state index < -0.39 is 15.9 Å². The molecule has 2 heterocycles. The predicted octanol–water partition coefficient (Wildman–Crippen LogP) is 2.05. The maximum Gasteiger partial charge on any atom is 0.265 e. The minimum atomic E-state index is -3.46. The molecule has 2 amide bonds. The van der Waals surface area contributed by atoms with Gasteiger partial charge in [0.15, 0.2) is 0 Å². The van der Waals surface area contributed by atoms with Crippen LogP contribution in [0.25, 0.3) is 0 Å². The number of anilines is 1. The van der Waals surface area contributed by atoms with Crippen molar-refractivity contribution in [2.24, 2.45) is 0 Å². The second-order valence-corrected chi connectivity index (χ2v) is 9.65. The summed E-state index contributed by atoms with van der Waals surface area (Å²) >= 11 is 7.41. The van der Waals surface area contributed by atoms with Crippen molar-refractivity contribution in [3.05, 3.63) is 51.2 Å². The first-order valence-corrected chi connectivity index (χ1v) is 11.7. The van der Waals surface area contributed by atoms with E-state index in [-0.39, 0.29) is 23.8 Å². The molecule has 1 aromatic heterocycles. The third kappa shape index (κ3) is 5.77. The molecule has 0 saturated carbocycles. The van der Waals surface area contributed by atoms with Crippen molar-refractivity contribution in [3.8, 4) is 0 Å². The lowest BCUT2D eigenvalue weighted by Gasteiger charge is -2.26. The molecule has 0 radical (unpaired) electrons. The van der Waals surface area contributed by atoms with Gasteiger partial charge in [-0.1, -0.05) is 17.7 Å². The molecule has 156 valence electrons. The van der Waals surface area contributed by atoms with Crippen LogP contribution in [0.15, 0.2) is 35.7 Å². The Kier molecular flexibility index (Phi) is 7.25. The SMILES string of the molecule is O=C(NCCS(=O)(=O)N1CCOCC1)c1ccc(Cl)c(NC(=O)c2cccs2)c1. The Labute approximate surface area is 177 Å². The van der Waals surface area contributed by atoms with Crippen molar-refractivity contribution in [1.82, 2.24) is 9.62 Å². The van der Waals surface area contributed by atoms with Gasteiger partial charge in [-0.3, -0.25) is 9.59 Å². The van der Waals surface area contributed by atoms with E-state index in [0.29, 0.717) is 41.9 Å². The summed E-state index contributed by atoms with van der Waals surface area (Å²) in [6, 6.07) is 7.91. The number of hydrogen-bond acceptors (Lipinski definition) is 6. The number of hydrogen-bond donors (Lipinski definition) is 2. The molecule has 1 aliphatic rings. The molecular weight excluding hydrogens is 438 g/mol. The molecule has 1 fully saturated rings. The van der Waals surface area contributed by atoms with E-state index in [1.165, 1.54) is 33.8 Å². The van der Waals surface area contributed by atoms with Crippen molar-refractivity contribution in [2.75, 3.05) is 43.9 Å². The highest BCUT2D eigenvalue weighted by atomic mass is 35.5. The van der Waals surface area contributed by atoms with E-state index in [1.54, 1.807) is 17.5 Å². The molecule has 0 atom stereocenters. The maximum absolute atomic E-state index is 12.4. The molecule has 3 rings (SSSR count). The average Bonchev–Trinajstić information content (AvgIpc) is 3.25. The van der Waals surface area contributed by atoms with Crippen molar-refractivity contribution in [2.45, 2.75) is 0 Å². The number of halogens is 1. The van der Waals surface area contributed by atoms with Gasteiger partial charge in [0.05, 0.1) is 34.6 Å². The number of carbonyl (C=O) groups excluding carboxylic acids is 2. The first-order valence-electron chi connectivity index (χ1n) is 8.85. The Balaban J connectivity index is 1.58. The lowest BCUT2D eigenvalue weighted by molar-refractivity contribution is 0.0730. The molecule has 0 unspecified atom stereocenters. The van der Waals surface area contributed by atoms with E-state index in [1.807, 2.05) is 0 Å². The molecule has 0 spiro atoms. The van der Waals surface area contributed by atoms with E-state index >= 15 is 0 Å². The molecule has 11 heteroatoms. The van der Waals surface area contributed by atoms with Crippen LogP contribution >= 0.6 is 22.9 Å². The Morgan fingerprint density at radius 1 is 1.17 bits per heavy atom. The van der Waals surface area contributed by atoms with Crippen LogP contribution in [0.2, 0.25) is 5.02 Å². The van der Waals surface area contributed by atoms with Crippen molar-refractivity contribution in [3.63, 3.8) is 0 Å². The Morgan fingerprint density at radius 2 is 1.93 bits per heavy atom. The lowest BCUT2D eigenvalue weighted by atomic mass is 10.2. The zero-order valence-electron chi connectivity index (χ0n) is 15.4. The quantitative estimate of drug-likeness (QED) is 0.662. The average molecular weight is 458 g/mol. The number of thiophene rings is 1. The molecule has 2 aromatic rings. The monoisotopic (exact) mass is 457 g/mol. The van der Waals surface area contributed by atoms with Gasteiger partial charge >= 0.3 is 0 Å². The summed E-state index contributed by atoms with van der Waals surface area (Å²) in [5, 5.41) is 7.34. The maximum atomic E-state index is 12.4. The van der Waals surface area contributed by atoms with Crippen molar-refractivity contribution >= 4 is 50.5 Å². The van der Waals surface area contributed by atoms with Gasteiger partial charge in [0.1, 0.15) is 0 Å². The molecule has 29 heavy (non-hydrogen) atoms. The largest absolute Gasteiger partial charge is 0.379 e. The fourth-order valence-electron chi connectivity index (χ4n) is 2.70. The fourth-order valence-corrected chi connectivity index (χ4v) is 4.81. The van der Waals surface area contributed by atoms with Gasteiger partial charge in [-0.25, -0.2) is 8.42 Å². The summed E-state index contributed by atoms with van der Waals surface area (Å²) in [6.45, 7) is 1.35. The van der Waals surface area contributed by atoms with Crippen molar-refractivity contribution < 1.29 is 22.7 Å². The molecule has 0 bridgehead atoms. The van der Waals surface area contributed by atoms with Gasteiger partial charge in [-0.15, -0.1) is 11.3 Å². The Bertz CT molecular complexity index is 973. The van der Waals surface area contributed by atoms with Gasteiger partial charge in [-0.05, 0) is 29.6 Å². The highest BCUT2D eigenvalue weighted by Crippen LogP contribution is 2.24. The first kappa shape index (κ1) is 21.7. The van der Waals surface area contributed by atoms with E-state index in [2.05, 4.69) is 10.6 Å². The zero-order valence-corrected chi connectivity index (χ0v) is 17.8. The summed E-state index contributed by atoms with van der Waals surface area (Å²) in [7, 11) is -3.46. The Morgan fingerprint density at radius 3 is 2.62 bits per heavy atom. The van der Waals surface area contributed by atoms with Crippen LogP contribution < -0.4 is 10.6 Å². The molecular formula is C18H20ClN3O5S2. The number of rotatable bonds is 7. The third-order valence-corrected chi connectivity index (χ3v) is 7.30. The summed E-state index contributed by atoms with van der Waals surface area (Å²) in [5.41, 5.74) is 0.568. The smallest absolute Gasteiger partial charge is 0.265 e. The molecule has 1 aromatic carbocycles. The van der Waals surface area contributed by atoms with Crippen LogP contribution in [0, 0.1) is 0 Å². The van der Waals surface area contributed by atoms with Crippen LogP contribution in [0.4, 0.5) is 5.69 Å². The van der Waals surface area contributed by atoms with Crippen LogP contribution in [-0.2, 0) is 14.8 Å². The Hall–Kier alpha value is -1.98. The van der Waals surface area contributed by atoms with Crippen molar-refractivity contribution in [1.29, 1.82) is 0 Å². The number of sulfonamides is 1. The minimum Gasteiger partial charge on any atom is -0.379 e. The number of morpholine rings is 1. The van der Waals surface area contributed by atoms with E-state index in [0.717, 1.165) is 0 Å². The molecule has 8 nitrogen and oxygen atoms in total. The first-order chi connectivity index (χ1) is 13.9. The second-order valence-electron chi connectivity index (χ2n) is 6.21. The van der Waals surface area contributed by atoms with Crippen LogP contribution in [0.1, 0.15) is 20.0 Å². The predicted molar refractivity (Wildman–Crippen MR) is 112 cm³/mol. The van der Waals surface area contributed by atoms with E-state index in [9.17, 15) is 18.0 Å². The summed E-state index contributed by atoms with van der Waals surface area (Å²) in [4.78, 5) is 25.1. The van der Waals surface area contributed by atoms with Gasteiger partial charge < -0.3 is 15.4 Å². The van der Waals surface area contributed by atoms with Crippen LogP contribution in [0.3, 0.4) is 0 Å². The van der Waals surface area contributed by atoms with Crippen LogP contribution in [0.5, 0.6) is 0 Å². The highest BCUT2D eigenvalue weighted by molar-refractivity contribution is 7.89. The number of nitrogens with zero attached hydrogens (tertiary/aromatic N) is 1. The minimum absolute atomic E-state index is 0.0297. The second kappa shape index (κ2) is 9.68. The number of amides is 2. The number of ether oxygens (including phenoxy) is 1. The molecule has 2 N–H and O–H groups in total. The lowest BCUT2D eigenvalue weighted by Crippen LogP contribution is -2.43. The van der Waals surface area contributed by atoms with Gasteiger partial charge in [0, 0.05) is 25.2 Å². The third-order valence-electron chi connectivity index (χ3n) is 4.23. The van der Waals surface area contributed by atoms with Gasteiger partial charge in [-0.2, -0.15) is 4.31 Å². The van der Waals surface area contributed by atoms with E-state index in [4.69, 9.17) is 16.3 Å². The summed E-state index contributed by atoms with van der Waals surface area (Å²) in [6.07, 6.45) is 0. The molecule has 1 saturated heterocycles.